The third kappa shape index (κ3) is 1.98. The number of anilines is 1. The van der Waals surface area contributed by atoms with Crippen molar-refractivity contribution in [3.05, 3.63) is 24.3 Å². The van der Waals surface area contributed by atoms with Gasteiger partial charge >= 0.3 is 110 Å². The fourth-order valence-corrected chi connectivity index (χ4v) is 2.43. The molecule has 1 unspecified atom stereocenters. The zero-order valence-electron chi connectivity index (χ0n) is 8.93. The molecule has 1 aliphatic rings. The second-order valence-electron chi connectivity index (χ2n) is 3.70. The molecule has 80 valence electrons. The van der Waals surface area contributed by atoms with Gasteiger partial charge in [-0.3, -0.25) is 0 Å². The van der Waals surface area contributed by atoms with Gasteiger partial charge in [-0.05, 0) is 0 Å². The monoisotopic (exact) mass is 408 g/mol. The minimum atomic E-state index is -0.530. The van der Waals surface area contributed by atoms with Gasteiger partial charge in [0.1, 0.15) is 0 Å². The maximum absolute atomic E-state index is 11.9. The van der Waals surface area contributed by atoms with Crippen LogP contribution in [-0.2, 0) is 9.59 Å². The van der Waals surface area contributed by atoms with E-state index < -0.39 is 5.92 Å². The Morgan fingerprint density at radius 3 is 2.44 bits per heavy atom. The van der Waals surface area contributed by atoms with E-state index in [0.29, 0.717) is 6.42 Å². The Hall–Kier alpha value is -0.918. The zero-order valence-corrected chi connectivity index (χ0v) is 13.4. The van der Waals surface area contributed by atoms with Crippen LogP contribution in [0.4, 0.5) is 5.69 Å². The quantitative estimate of drug-likeness (QED) is 0.549. The topological polar surface area (TPSA) is 49.4 Å². The molecule has 1 aliphatic heterocycles. The van der Waals surface area contributed by atoms with E-state index in [9.17, 15) is 9.59 Å². The average Bonchev–Trinajstić information content (AvgIpc) is 2.55. The SMILES string of the molecule is CCC1C(=O)NN(c2cc[c]([Tl])cc2)C1=O. The molecule has 1 aromatic rings. The van der Waals surface area contributed by atoms with Crippen LogP contribution in [0.25, 0.3) is 0 Å². The van der Waals surface area contributed by atoms with E-state index in [1.54, 1.807) is 0 Å². The van der Waals surface area contributed by atoms with Gasteiger partial charge in [0.25, 0.3) is 0 Å². The van der Waals surface area contributed by atoms with E-state index in [-0.39, 0.29) is 11.8 Å². The predicted octanol–water partition coefficient (Wildman–Crippen LogP) is -0.116. The predicted molar refractivity (Wildman–Crippen MR) is 61.2 cm³/mol. The van der Waals surface area contributed by atoms with Gasteiger partial charge in [-0.1, -0.05) is 0 Å². The van der Waals surface area contributed by atoms with Crippen LogP contribution in [-0.4, -0.2) is 37.6 Å². The van der Waals surface area contributed by atoms with Crippen molar-refractivity contribution in [2.24, 2.45) is 5.92 Å². The molecule has 0 saturated carbocycles. The van der Waals surface area contributed by atoms with Gasteiger partial charge in [-0.15, -0.1) is 0 Å². The number of carbonyl (C=O) groups is 2. The average molecular weight is 408 g/mol. The fraction of sp³-hybridized carbons (Fsp3) is 0.273. The molecule has 1 aromatic carbocycles. The molecule has 2 rings (SSSR count). The molecule has 0 bridgehead atoms. The molecular weight excluding hydrogens is 397 g/mol. The summed E-state index contributed by atoms with van der Waals surface area (Å²) in [7, 11) is 0. The molecule has 1 saturated heterocycles. The number of hydrazine groups is 1. The van der Waals surface area contributed by atoms with Crippen molar-refractivity contribution in [3.63, 3.8) is 0 Å². The first-order valence-corrected chi connectivity index (χ1v) is 7.38. The summed E-state index contributed by atoms with van der Waals surface area (Å²) in [5.74, 6) is -0.891. The molecule has 1 fully saturated rings. The van der Waals surface area contributed by atoms with Gasteiger partial charge in [0.15, 0.2) is 0 Å². The maximum atomic E-state index is 11.9. The molecule has 4 nitrogen and oxygen atoms in total. The number of hydrogen-bond acceptors (Lipinski definition) is 2. The van der Waals surface area contributed by atoms with Gasteiger partial charge in [0.05, 0.1) is 0 Å². The van der Waals surface area contributed by atoms with E-state index in [0.717, 1.165) is 31.5 Å². The molecular formula is C11H11N2O2Tl. The standard InChI is InChI=1S/C11H11N2O2.Tl/c1-2-9-10(14)12-13(11(9)15)8-6-4-3-5-7-8;/h4-7,9H,2H2,1H3,(H,12,14);. The van der Waals surface area contributed by atoms with Crippen LogP contribution >= 0.6 is 0 Å². The number of amides is 2. The van der Waals surface area contributed by atoms with Crippen LogP contribution in [0.1, 0.15) is 13.3 Å². The number of benzene rings is 1. The second kappa shape index (κ2) is 4.52. The molecule has 0 radical (unpaired) electrons. The zero-order chi connectivity index (χ0) is 11.7. The first kappa shape index (κ1) is 11.6. The van der Waals surface area contributed by atoms with E-state index in [2.05, 4.69) is 5.43 Å². The van der Waals surface area contributed by atoms with Crippen molar-refractivity contribution in [2.75, 3.05) is 5.01 Å². The summed E-state index contributed by atoms with van der Waals surface area (Å²) in [4.78, 5) is 23.4. The Morgan fingerprint density at radius 1 is 1.31 bits per heavy atom. The number of rotatable bonds is 2. The molecule has 1 atom stereocenters. The van der Waals surface area contributed by atoms with Crippen molar-refractivity contribution < 1.29 is 9.59 Å². The Morgan fingerprint density at radius 2 is 1.94 bits per heavy atom. The van der Waals surface area contributed by atoms with Gasteiger partial charge in [0.2, 0.25) is 0 Å². The van der Waals surface area contributed by atoms with Gasteiger partial charge in [-0.25, -0.2) is 0 Å². The summed E-state index contributed by atoms with van der Waals surface area (Å²) < 4.78 is 1.29. The minimum absolute atomic E-state index is 0.156. The number of nitrogens with one attached hydrogen (secondary N) is 1. The number of nitrogens with zero attached hydrogens (tertiary/aromatic N) is 1. The van der Waals surface area contributed by atoms with Crippen molar-refractivity contribution >= 4 is 46.4 Å². The van der Waals surface area contributed by atoms with Crippen molar-refractivity contribution in [3.8, 4) is 0 Å². The van der Waals surface area contributed by atoms with Crippen LogP contribution in [0.3, 0.4) is 0 Å². The second-order valence-corrected chi connectivity index (χ2v) is 6.29. The molecule has 0 aliphatic carbocycles. The Labute approximate surface area is 110 Å². The molecule has 2 amide bonds. The third-order valence-electron chi connectivity index (χ3n) is 2.62. The number of hydrogen-bond donors (Lipinski definition) is 1. The third-order valence-corrected chi connectivity index (χ3v) is 4.11. The van der Waals surface area contributed by atoms with Gasteiger partial charge in [0, 0.05) is 0 Å². The summed E-state index contributed by atoms with van der Waals surface area (Å²) in [6, 6.07) is 7.70. The van der Waals surface area contributed by atoms with Crippen LogP contribution in [0.5, 0.6) is 0 Å². The normalized spacial score (nSPS) is 20.0. The van der Waals surface area contributed by atoms with E-state index >= 15 is 0 Å². The molecule has 5 heteroatoms. The Kier molecular flexibility index (Phi) is 3.27. The van der Waals surface area contributed by atoms with Crippen LogP contribution in [0, 0.1) is 5.92 Å². The number of carbonyl (C=O) groups excluding carboxylic acids is 2. The van der Waals surface area contributed by atoms with Crippen LogP contribution in [0.15, 0.2) is 24.3 Å². The summed E-state index contributed by atoms with van der Waals surface area (Å²) in [6.45, 7) is 1.84. The summed E-state index contributed by atoms with van der Waals surface area (Å²) >= 11 is 0.784. The summed E-state index contributed by atoms with van der Waals surface area (Å²) in [6.07, 6.45) is 0.543. The fourth-order valence-electron chi connectivity index (χ4n) is 1.69. The molecule has 1 heterocycles. The molecule has 16 heavy (non-hydrogen) atoms. The van der Waals surface area contributed by atoms with Gasteiger partial charge in [-0.2, -0.15) is 0 Å². The van der Waals surface area contributed by atoms with Crippen LogP contribution in [0.2, 0.25) is 0 Å². The van der Waals surface area contributed by atoms with Crippen LogP contribution < -0.4 is 13.6 Å². The summed E-state index contributed by atoms with van der Waals surface area (Å²) in [5.41, 5.74) is 3.33. The first-order valence-electron chi connectivity index (χ1n) is 5.13. The van der Waals surface area contributed by atoms with E-state index in [1.807, 2.05) is 31.2 Å². The summed E-state index contributed by atoms with van der Waals surface area (Å²) in [5, 5.41) is 1.35. The molecule has 0 spiro atoms. The Balaban J connectivity index is 2.27. The van der Waals surface area contributed by atoms with E-state index in [1.165, 1.54) is 8.13 Å². The molecule has 1 N–H and O–H groups in total. The van der Waals surface area contributed by atoms with Crippen molar-refractivity contribution in [1.82, 2.24) is 5.43 Å². The van der Waals surface area contributed by atoms with Crippen molar-refractivity contribution in [2.45, 2.75) is 13.3 Å². The Bertz CT molecular complexity index is 430. The van der Waals surface area contributed by atoms with E-state index in [4.69, 9.17) is 0 Å². The molecule has 0 aromatic heterocycles. The first-order chi connectivity index (χ1) is 7.63. The van der Waals surface area contributed by atoms with Gasteiger partial charge < -0.3 is 0 Å². The van der Waals surface area contributed by atoms with Crippen molar-refractivity contribution in [1.29, 1.82) is 0 Å².